The predicted octanol–water partition coefficient (Wildman–Crippen LogP) is 7.14. The van der Waals surface area contributed by atoms with Crippen LogP contribution in [0.3, 0.4) is 0 Å². The van der Waals surface area contributed by atoms with Gasteiger partial charge in [-0.3, -0.25) is 0 Å². The molecule has 0 saturated heterocycles. The van der Waals surface area contributed by atoms with E-state index in [-0.39, 0.29) is 18.3 Å². The van der Waals surface area contributed by atoms with Gasteiger partial charge in [0.2, 0.25) is 34.8 Å². The maximum atomic E-state index is 14.2. The van der Waals surface area contributed by atoms with E-state index >= 15 is 0 Å². The summed E-state index contributed by atoms with van der Waals surface area (Å²) in [6.45, 7) is -0.0989. The molecule has 6 nitrogen and oxygen atoms in total. The van der Waals surface area contributed by atoms with Gasteiger partial charge in [-0.1, -0.05) is 60.7 Å². The van der Waals surface area contributed by atoms with Gasteiger partial charge in [-0.25, -0.2) is 22.8 Å². The summed E-state index contributed by atoms with van der Waals surface area (Å²) in [6.07, 6.45) is -1.05. The van der Waals surface area contributed by atoms with Crippen LogP contribution >= 0.6 is 11.8 Å². The predicted molar refractivity (Wildman–Crippen MR) is 153 cm³/mol. The van der Waals surface area contributed by atoms with Crippen molar-refractivity contribution in [3.63, 3.8) is 0 Å². The zero-order valence-electron chi connectivity index (χ0n) is 23.0. The first-order valence-electron chi connectivity index (χ1n) is 13.2. The number of fused-ring (bicyclic) bond motifs is 3. The first kappa shape index (κ1) is 30.9. The maximum absolute atomic E-state index is 14.2. The number of hydrogen-bond acceptors (Lipinski definition) is 6. The Bertz CT molecular complexity index is 1630. The van der Waals surface area contributed by atoms with Crippen LogP contribution in [0.1, 0.15) is 22.6 Å². The molecule has 0 radical (unpaired) electrons. The molecule has 0 saturated carbocycles. The van der Waals surface area contributed by atoms with Crippen molar-refractivity contribution in [2.24, 2.45) is 0 Å². The number of methoxy groups -OCH3 is 1. The Hall–Kier alpha value is -4.58. The molecule has 0 bridgehead atoms. The molecule has 0 spiro atoms. The average Bonchev–Trinajstić information content (AvgIpc) is 3.37. The lowest BCUT2D eigenvalue weighted by Crippen LogP contribution is -2.45. The van der Waals surface area contributed by atoms with Crippen molar-refractivity contribution in [2.75, 3.05) is 19.5 Å². The number of alkyl carbamates (subject to hydrolysis) is 1. The van der Waals surface area contributed by atoms with Crippen LogP contribution in [-0.4, -0.2) is 37.6 Å². The van der Waals surface area contributed by atoms with Crippen molar-refractivity contribution >= 4 is 23.8 Å². The Morgan fingerprint density at radius 2 is 1.34 bits per heavy atom. The molecule has 228 valence electrons. The minimum Gasteiger partial charge on any atom is -0.497 e. The van der Waals surface area contributed by atoms with E-state index in [0.717, 1.165) is 39.6 Å². The minimum absolute atomic E-state index is 0.0989. The van der Waals surface area contributed by atoms with Gasteiger partial charge in [0.1, 0.15) is 18.4 Å². The lowest BCUT2D eigenvalue weighted by Gasteiger charge is -2.19. The number of carbonyl (C=O) groups excluding carboxylic acids is 2. The fourth-order valence-electron chi connectivity index (χ4n) is 4.81. The number of hydrogen-bond donors (Lipinski definition) is 1. The quantitative estimate of drug-likeness (QED) is 0.0662. The number of ether oxygens (including phenoxy) is 3. The molecule has 5 rings (SSSR count). The Balaban J connectivity index is 1.30. The summed E-state index contributed by atoms with van der Waals surface area (Å²) in [5.41, 5.74) is 4.70. The van der Waals surface area contributed by atoms with Crippen LogP contribution in [0.25, 0.3) is 11.1 Å². The molecule has 1 aliphatic rings. The second-order valence-electron chi connectivity index (χ2n) is 9.71. The van der Waals surface area contributed by atoms with Crippen LogP contribution in [0.5, 0.6) is 11.5 Å². The second kappa shape index (κ2) is 13.4. The summed E-state index contributed by atoms with van der Waals surface area (Å²) in [7, 11) is 1.51. The highest BCUT2D eigenvalue weighted by atomic mass is 32.2. The molecule has 0 heterocycles. The summed E-state index contributed by atoms with van der Waals surface area (Å²) in [4.78, 5) is 25.9. The standard InChI is InChI=1S/C32H24F5NO5S/c1-41-18-12-10-17(11-13-18)15-44-16-24(31(39)43-30-28(36)26(34)25(33)27(35)29(30)37)38-32(40)42-14-23-21-8-4-2-6-19(21)20-7-3-5-9-22(20)23/h2-13,23-24H,14-16H2,1H3,(H,38,40)/t24-/m0/s1. The van der Waals surface area contributed by atoms with Crippen molar-refractivity contribution in [2.45, 2.75) is 17.7 Å². The van der Waals surface area contributed by atoms with E-state index in [4.69, 9.17) is 9.47 Å². The van der Waals surface area contributed by atoms with Gasteiger partial charge in [0.15, 0.2) is 0 Å². The zero-order chi connectivity index (χ0) is 31.4. The number of rotatable bonds is 10. The number of esters is 1. The summed E-state index contributed by atoms with van der Waals surface area (Å²) in [6, 6.07) is 20.7. The van der Waals surface area contributed by atoms with Gasteiger partial charge in [0.25, 0.3) is 0 Å². The molecule has 1 N–H and O–H groups in total. The number of benzene rings is 4. The van der Waals surface area contributed by atoms with E-state index in [1.165, 1.54) is 7.11 Å². The minimum atomic E-state index is -2.40. The van der Waals surface area contributed by atoms with Crippen molar-refractivity contribution < 1.29 is 45.8 Å². The molecule has 0 fully saturated rings. The van der Waals surface area contributed by atoms with E-state index < -0.39 is 52.9 Å². The molecule has 1 amide bonds. The fraction of sp³-hybridized carbons (Fsp3) is 0.188. The average molecular weight is 630 g/mol. The lowest BCUT2D eigenvalue weighted by atomic mass is 9.98. The van der Waals surface area contributed by atoms with Crippen LogP contribution < -0.4 is 14.8 Å². The van der Waals surface area contributed by atoms with Crippen LogP contribution in [0, 0.1) is 29.1 Å². The summed E-state index contributed by atoms with van der Waals surface area (Å²) < 4.78 is 84.6. The summed E-state index contributed by atoms with van der Waals surface area (Å²) >= 11 is 1.14. The van der Waals surface area contributed by atoms with Gasteiger partial charge in [0, 0.05) is 17.4 Å². The van der Waals surface area contributed by atoms with Gasteiger partial charge in [-0.2, -0.15) is 20.5 Å². The molecular weight excluding hydrogens is 605 g/mol. The molecule has 1 aliphatic carbocycles. The molecular formula is C32H24F5NO5S. The second-order valence-corrected chi connectivity index (χ2v) is 10.7. The van der Waals surface area contributed by atoms with E-state index in [1.807, 2.05) is 48.5 Å². The SMILES string of the molecule is COc1ccc(CSC[C@H](NC(=O)OCC2c3ccccc3-c3ccccc32)C(=O)Oc2c(F)c(F)c(F)c(F)c2F)cc1. The van der Waals surface area contributed by atoms with E-state index in [9.17, 15) is 31.5 Å². The molecule has 4 aromatic rings. The molecule has 4 aromatic carbocycles. The molecule has 0 aromatic heterocycles. The highest BCUT2D eigenvalue weighted by Crippen LogP contribution is 2.44. The molecule has 12 heteroatoms. The smallest absolute Gasteiger partial charge is 0.407 e. The monoisotopic (exact) mass is 629 g/mol. The largest absolute Gasteiger partial charge is 0.497 e. The molecule has 1 atom stereocenters. The van der Waals surface area contributed by atoms with Gasteiger partial charge in [-0.15, -0.1) is 0 Å². The third-order valence-corrected chi connectivity index (χ3v) is 8.11. The highest BCUT2D eigenvalue weighted by Gasteiger charge is 2.33. The Morgan fingerprint density at radius 3 is 1.91 bits per heavy atom. The molecule has 44 heavy (non-hydrogen) atoms. The highest BCUT2D eigenvalue weighted by molar-refractivity contribution is 7.98. The fourth-order valence-corrected chi connectivity index (χ4v) is 5.81. The van der Waals surface area contributed by atoms with Gasteiger partial charge in [-0.05, 0) is 39.9 Å². The Kier molecular flexibility index (Phi) is 9.38. The number of amides is 1. The Morgan fingerprint density at radius 1 is 0.795 bits per heavy atom. The number of nitrogens with one attached hydrogen (secondary N) is 1. The normalized spacial score (nSPS) is 12.7. The van der Waals surface area contributed by atoms with Crippen molar-refractivity contribution in [3.8, 4) is 22.6 Å². The third-order valence-electron chi connectivity index (χ3n) is 7.00. The van der Waals surface area contributed by atoms with Crippen LogP contribution in [0.4, 0.5) is 26.7 Å². The zero-order valence-corrected chi connectivity index (χ0v) is 23.9. The number of thioether (sulfide) groups is 1. The van der Waals surface area contributed by atoms with Gasteiger partial charge >= 0.3 is 12.1 Å². The van der Waals surface area contributed by atoms with E-state index in [0.29, 0.717) is 11.5 Å². The number of carbonyl (C=O) groups is 2. The third kappa shape index (κ3) is 6.35. The van der Waals surface area contributed by atoms with Crippen LogP contribution in [0.15, 0.2) is 72.8 Å². The lowest BCUT2D eigenvalue weighted by molar-refractivity contribution is -0.136. The summed E-state index contributed by atoms with van der Waals surface area (Å²) in [5, 5.41) is 2.31. The van der Waals surface area contributed by atoms with Gasteiger partial charge < -0.3 is 19.5 Å². The van der Waals surface area contributed by atoms with Gasteiger partial charge in [0.05, 0.1) is 7.11 Å². The van der Waals surface area contributed by atoms with E-state index in [2.05, 4.69) is 10.1 Å². The van der Waals surface area contributed by atoms with Crippen molar-refractivity contribution in [1.29, 1.82) is 0 Å². The van der Waals surface area contributed by atoms with Crippen LogP contribution in [-0.2, 0) is 15.3 Å². The topological polar surface area (TPSA) is 73.9 Å². The molecule has 0 unspecified atom stereocenters. The Labute approximate surface area is 253 Å². The van der Waals surface area contributed by atoms with Crippen molar-refractivity contribution in [3.05, 3.63) is 119 Å². The summed E-state index contributed by atoms with van der Waals surface area (Å²) in [5.74, 6) is -14.3. The first-order chi connectivity index (χ1) is 21.2. The number of halogens is 5. The first-order valence-corrected chi connectivity index (χ1v) is 14.4. The van der Waals surface area contributed by atoms with Crippen LogP contribution in [0.2, 0.25) is 0 Å². The molecule has 0 aliphatic heterocycles. The van der Waals surface area contributed by atoms with Crippen molar-refractivity contribution in [1.82, 2.24) is 5.32 Å². The van der Waals surface area contributed by atoms with E-state index in [1.54, 1.807) is 24.3 Å². The maximum Gasteiger partial charge on any atom is 0.407 e.